The van der Waals surface area contributed by atoms with E-state index >= 15 is 0 Å². The fourth-order valence-corrected chi connectivity index (χ4v) is 3.65. The molecule has 0 saturated heterocycles. The van der Waals surface area contributed by atoms with Crippen LogP contribution in [0.5, 0.6) is 5.75 Å². The molecule has 1 aromatic rings. The van der Waals surface area contributed by atoms with E-state index in [-0.39, 0.29) is 38.8 Å². The summed E-state index contributed by atoms with van der Waals surface area (Å²) in [6, 6.07) is 1.84. The number of hydrogen-bond acceptors (Lipinski definition) is 6. The molecule has 1 rings (SSSR count). The molecule has 0 aliphatic carbocycles. The second-order valence-electron chi connectivity index (χ2n) is 5.37. The second kappa shape index (κ2) is 10.6. The highest BCUT2D eigenvalue weighted by Crippen LogP contribution is 2.36. The predicted octanol–water partition coefficient (Wildman–Crippen LogP) is 2.81. The number of thioether (sulfide) groups is 1. The van der Waals surface area contributed by atoms with E-state index in [1.165, 1.54) is 23.9 Å². The van der Waals surface area contributed by atoms with E-state index < -0.39 is 24.6 Å². The van der Waals surface area contributed by atoms with Gasteiger partial charge in [-0.25, -0.2) is 4.79 Å². The number of carboxylic acids is 2. The third-order valence-electron chi connectivity index (χ3n) is 3.46. The van der Waals surface area contributed by atoms with Gasteiger partial charge in [0.05, 0.1) is 5.02 Å². The summed E-state index contributed by atoms with van der Waals surface area (Å²) in [5.74, 6) is -2.23. The Morgan fingerprint density at radius 2 is 1.85 bits per heavy atom. The van der Waals surface area contributed by atoms with Crippen LogP contribution < -0.4 is 10.5 Å². The third kappa shape index (κ3) is 6.35. The van der Waals surface area contributed by atoms with Gasteiger partial charge in [0.25, 0.3) is 0 Å². The first-order valence-electron chi connectivity index (χ1n) is 7.61. The van der Waals surface area contributed by atoms with Crippen molar-refractivity contribution in [1.29, 1.82) is 0 Å². The van der Waals surface area contributed by atoms with E-state index in [9.17, 15) is 14.4 Å². The molecular weight excluding hydrogens is 405 g/mol. The van der Waals surface area contributed by atoms with Crippen LogP contribution in [0.1, 0.15) is 23.7 Å². The highest BCUT2D eigenvalue weighted by atomic mass is 35.5. The van der Waals surface area contributed by atoms with Crippen molar-refractivity contribution in [3.8, 4) is 5.75 Å². The van der Waals surface area contributed by atoms with Crippen molar-refractivity contribution in [2.45, 2.75) is 19.4 Å². The highest BCUT2D eigenvalue weighted by Gasteiger charge is 2.24. The van der Waals surface area contributed by atoms with E-state index in [2.05, 4.69) is 0 Å². The zero-order valence-electron chi connectivity index (χ0n) is 13.9. The van der Waals surface area contributed by atoms with Crippen LogP contribution in [0, 0.1) is 5.92 Å². The highest BCUT2D eigenvalue weighted by molar-refractivity contribution is 7.99. The number of nitrogens with two attached hydrogens (primary N) is 1. The van der Waals surface area contributed by atoms with Crippen molar-refractivity contribution in [2.75, 3.05) is 18.1 Å². The number of aliphatic carboxylic acids is 2. The standard InChI is InChI=1S/C16H19Cl2NO6S/c1-2-8(6-26-7-10(19)16(23)24)15(22)9-3-4-11(14(18)13(9)17)25-5-12(20)21/h3-4,8,10H,2,5-7,19H2,1H3,(H,20,21)(H,23,24). The molecule has 0 fully saturated rings. The van der Waals surface area contributed by atoms with Crippen LogP contribution >= 0.6 is 35.0 Å². The smallest absolute Gasteiger partial charge is 0.341 e. The molecule has 144 valence electrons. The van der Waals surface area contributed by atoms with Gasteiger partial charge >= 0.3 is 11.9 Å². The molecule has 0 bridgehead atoms. The predicted molar refractivity (Wildman–Crippen MR) is 101 cm³/mol. The van der Waals surface area contributed by atoms with E-state index in [0.29, 0.717) is 12.2 Å². The van der Waals surface area contributed by atoms with Crippen LogP contribution in [0.25, 0.3) is 0 Å². The molecule has 2 atom stereocenters. The molecule has 1 aromatic carbocycles. The number of rotatable bonds is 11. The number of carbonyl (C=O) groups is 3. The molecule has 4 N–H and O–H groups in total. The molecule has 0 spiro atoms. The van der Waals surface area contributed by atoms with E-state index in [1.54, 1.807) is 0 Å². The first-order chi connectivity index (χ1) is 12.2. The number of halogens is 2. The van der Waals surface area contributed by atoms with Crippen molar-refractivity contribution in [1.82, 2.24) is 0 Å². The summed E-state index contributed by atoms with van der Waals surface area (Å²) in [6.07, 6.45) is 0.527. The number of carboxylic acid groups (broad SMARTS) is 2. The van der Waals surface area contributed by atoms with Gasteiger partial charge in [0.1, 0.15) is 16.8 Å². The zero-order valence-corrected chi connectivity index (χ0v) is 16.2. The van der Waals surface area contributed by atoms with Crippen LogP contribution in [0.15, 0.2) is 12.1 Å². The summed E-state index contributed by atoms with van der Waals surface area (Å²) in [4.78, 5) is 34.0. The normalized spacial score (nSPS) is 13.1. The van der Waals surface area contributed by atoms with Gasteiger partial charge in [-0.1, -0.05) is 30.1 Å². The minimum Gasteiger partial charge on any atom is -0.480 e. The maximum Gasteiger partial charge on any atom is 0.341 e. The van der Waals surface area contributed by atoms with Crippen molar-refractivity contribution < 1.29 is 29.3 Å². The molecule has 7 nitrogen and oxygen atoms in total. The molecule has 2 unspecified atom stereocenters. The Labute approximate surface area is 164 Å². The molecule has 0 aliphatic heterocycles. The Morgan fingerprint density at radius 3 is 2.38 bits per heavy atom. The summed E-state index contributed by atoms with van der Waals surface area (Å²) in [5.41, 5.74) is 5.65. The monoisotopic (exact) mass is 423 g/mol. The number of ketones is 1. The Hall–Kier alpha value is -1.48. The number of ether oxygens (including phenoxy) is 1. The summed E-state index contributed by atoms with van der Waals surface area (Å²) in [7, 11) is 0. The molecule has 0 radical (unpaired) electrons. The Bertz CT molecular complexity index is 685. The minimum atomic E-state index is -1.17. The Kier molecular flexibility index (Phi) is 9.21. The van der Waals surface area contributed by atoms with E-state index in [1.807, 2.05) is 6.92 Å². The molecule has 0 heterocycles. The average Bonchev–Trinajstić information content (AvgIpc) is 2.59. The summed E-state index contributed by atoms with van der Waals surface area (Å²) >= 11 is 13.5. The van der Waals surface area contributed by atoms with Crippen LogP contribution in [0.2, 0.25) is 10.0 Å². The van der Waals surface area contributed by atoms with Gasteiger partial charge in [-0.05, 0) is 18.6 Å². The molecular formula is C16H19Cl2NO6S. The summed E-state index contributed by atoms with van der Waals surface area (Å²) in [6.45, 7) is 1.25. The third-order valence-corrected chi connectivity index (χ3v) is 5.56. The van der Waals surface area contributed by atoms with E-state index in [0.717, 1.165) is 0 Å². The van der Waals surface area contributed by atoms with Gasteiger partial charge < -0.3 is 20.7 Å². The lowest BCUT2D eigenvalue weighted by atomic mass is 9.97. The molecule has 10 heteroatoms. The maximum absolute atomic E-state index is 12.7. The number of carbonyl (C=O) groups excluding carboxylic acids is 1. The molecule has 26 heavy (non-hydrogen) atoms. The van der Waals surface area contributed by atoms with Gasteiger partial charge in [0.2, 0.25) is 0 Å². The van der Waals surface area contributed by atoms with Gasteiger partial charge in [-0.2, -0.15) is 11.8 Å². The summed E-state index contributed by atoms with van der Waals surface area (Å²) in [5, 5.41) is 17.4. The minimum absolute atomic E-state index is 0.00903. The molecule has 0 saturated carbocycles. The van der Waals surface area contributed by atoms with Crippen molar-refractivity contribution in [3.63, 3.8) is 0 Å². The van der Waals surface area contributed by atoms with Gasteiger partial charge in [0.15, 0.2) is 12.4 Å². The van der Waals surface area contributed by atoms with Crippen LogP contribution in [0.4, 0.5) is 0 Å². The Balaban J connectivity index is 2.84. The van der Waals surface area contributed by atoms with Gasteiger partial charge in [-0.15, -0.1) is 0 Å². The first kappa shape index (κ1) is 22.6. The fraction of sp³-hybridized carbons (Fsp3) is 0.438. The lowest BCUT2D eigenvalue weighted by Crippen LogP contribution is -2.33. The van der Waals surface area contributed by atoms with Crippen LogP contribution in [-0.2, 0) is 9.59 Å². The van der Waals surface area contributed by atoms with Gasteiger partial charge in [-0.3, -0.25) is 9.59 Å². The number of hydrogen-bond donors (Lipinski definition) is 3. The number of Topliss-reactive ketones (excluding diaryl/α,β-unsaturated/α-hetero) is 1. The first-order valence-corrected chi connectivity index (χ1v) is 9.53. The van der Waals surface area contributed by atoms with Crippen molar-refractivity contribution >= 4 is 52.7 Å². The molecule has 0 aliphatic rings. The Morgan fingerprint density at radius 1 is 1.19 bits per heavy atom. The largest absolute Gasteiger partial charge is 0.480 e. The summed E-state index contributed by atoms with van der Waals surface area (Å²) < 4.78 is 5.01. The fourth-order valence-electron chi connectivity index (χ4n) is 1.98. The average molecular weight is 424 g/mol. The zero-order chi connectivity index (χ0) is 19.9. The lowest BCUT2D eigenvalue weighted by molar-refractivity contribution is -0.139. The van der Waals surface area contributed by atoms with Crippen molar-refractivity contribution in [2.24, 2.45) is 11.7 Å². The van der Waals surface area contributed by atoms with Crippen molar-refractivity contribution in [3.05, 3.63) is 27.7 Å². The van der Waals surface area contributed by atoms with E-state index in [4.69, 9.17) is 43.9 Å². The molecule has 0 amide bonds. The maximum atomic E-state index is 12.7. The SMILES string of the molecule is CCC(CSCC(N)C(=O)O)C(=O)c1ccc(OCC(=O)O)c(Cl)c1Cl. The van der Waals surface area contributed by atoms with Crippen LogP contribution in [-0.4, -0.2) is 52.1 Å². The lowest BCUT2D eigenvalue weighted by Gasteiger charge is -2.16. The van der Waals surface area contributed by atoms with Gasteiger partial charge in [0, 0.05) is 23.0 Å². The number of benzene rings is 1. The molecule has 0 aromatic heterocycles. The second-order valence-corrected chi connectivity index (χ2v) is 7.20. The topological polar surface area (TPSA) is 127 Å². The quantitative estimate of drug-likeness (QED) is 0.463. The van der Waals surface area contributed by atoms with Crippen LogP contribution in [0.3, 0.4) is 0 Å².